The van der Waals surface area contributed by atoms with E-state index in [9.17, 15) is 4.79 Å². The number of amides is 1. The number of pyridine rings is 1. The Morgan fingerprint density at radius 1 is 1.15 bits per heavy atom. The van der Waals surface area contributed by atoms with E-state index in [1.807, 2.05) is 53.1 Å². The van der Waals surface area contributed by atoms with Crippen LogP contribution in [-0.2, 0) is 11.2 Å². The Balaban J connectivity index is 1.82. The van der Waals surface area contributed by atoms with Gasteiger partial charge in [-0.3, -0.25) is 9.20 Å². The monoisotopic (exact) mass is 266 g/mol. The number of benzene rings is 1. The van der Waals surface area contributed by atoms with Gasteiger partial charge in [0.05, 0.1) is 0 Å². The Labute approximate surface area is 116 Å². The first-order chi connectivity index (χ1) is 9.72. The minimum Gasteiger partial charge on any atom is -0.326 e. The molecule has 2 heterocycles. The summed E-state index contributed by atoms with van der Waals surface area (Å²) in [6.07, 6.45) is 2.65. The van der Waals surface area contributed by atoms with E-state index < -0.39 is 0 Å². The van der Waals surface area contributed by atoms with Gasteiger partial charge in [-0.25, -0.2) is 0 Å². The molecule has 20 heavy (non-hydrogen) atoms. The Bertz CT molecular complexity index is 746. The molecule has 5 nitrogen and oxygen atoms in total. The fourth-order valence-electron chi connectivity index (χ4n) is 2.10. The van der Waals surface area contributed by atoms with Gasteiger partial charge in [0, 0.05) is 25.2 Å². The Morgan fingerprint density at radius 2 is 1.95 bits per heavy atom. The lowest BCUT2D eigenvalue weighted by molar-refractivity contribution is -0.114. The van der Waals surface area contributed by atoms with E-state index in [4.69, 9.17) is 0 Å². The van der Waals surface area contributed by atoms with Crippen molar-refractivity contribution in [2.45, 2.75) is 13.3 Å². The van der Waals surface area contributed by atoms with Crippen molar-refractivity contribution in [3.63, 3.8) is 0 Å². The van der Waals surface area contributed by atoms with E-state index in [1.54, 1.807) is 0 Å². The quantitative estimate of drug-likeness (QED) is 0.791. The molecule has 0 bridgehead atoms. The highest BCUT2D eigenvalue weighted by Gasteiger charge is 2.05. The highest BCUT2D eigenvalue weighted by Crippen LogP contribution is 2.13. The molecule has 0 spiro atoms. The van der Waals surface area contributed by atoms with Gasteiger partial charge in [0.15, 0.2) is 5.65 Å². The summed E-state index contributed by atoms with van der Waals surface area (Å²) in [6.45, 7) is 1.50. The third-order valence-electron chi connectivity index (χ3n) is 3.02. The molecule has 3 rings (SSSR count). The Kier molecular flexibility index (Phi) is 3.16. The molecule has 3 aromatic rings. The molecule has 100 valence electrons. The van der Waals surface area contributed by atoms with Gasteiger partial charge in [-0.2, -0.15) is 0 Å². The molecular weight excluding hydrogens is 252 g/mol. The SMILES string of the molecule is CC(=O)Nc1ccc(Cc2nnc3ccccn23)cc1. The van der Waals surface area contributed by atoms with Crippen LogP contribution in [-0.4, -0.2) is 20.5 Å². The number of hydrogen-bond donors (Lipinski definition) is 1. The molecule has 0 aliphatic rings. The fraction of sp³-hybridized carbons (Fsp3) is 0.133. The summed E-state index contributed by atoms with van der Waals surface area (Å²) in [5.41, 5.74) is 2.77. The number of aromatic nitrogens is 3. The molecule has 5 heteroatoms. The Hall–Kier alpha value is -2.69. The van der Waals surface area contributed by atoms with E-state index >= 15 is 0 Å². The highest BCUT2D eigenvalue weighted by atomic mass is 16.1. The lowest BCUT2D eigenvalue weighted by Crippen LogP contribution is -2.05. The van der Waals surface area contributed by atoms with E-state index in [-0.39, 0.29) is 5.91 Å². The third-order valence-corrected chi connectivity index (χ3v) is 3.02. The van der Waals surface area contributed by atoms with Crippen LogP contribution in [0.5, 0.6) is 0 Å². The molecule has 0 aliphatic heterocycles. The molecule has 0 saturated heterocycles. The lowest BCUT2D eigenvalue weighted by Gasteiger charge is -2.04. The summed E-state index contributed by atoms with van der Waals surface area (Å²) >= 11 is 0. The van der Waals surface area contributed by atoms with Crippen LogP contribution in [0.1, 0.15) is 18.3 Å². The van der Waals surface area contributed by atoms with Crippen LogP contribution in [0.3, 0.4) is 0 Å². The van der Waals surface area contributed by atoms with Gasteiger partial charge in [0.1, 0.15) is 5.82 Å². The van der Waals surface area contributed by atoms with Crippen LogP contribution in [0.25, 0.3) is 5.65 Å². The first-order valence-electron chi connectivity index (χ1n) is 6.37. The molecule has 0 radical (unpaired) electrons. The second-order valence-electron chi connectivity index (χ2n) is 4.60. The molecule has 0 unspecified atom stereocenters. The fourth-order valence-corrected chi connectivity index (χ4v) is 2.10. The summed E-state index contributed by atoms with van der Waals surface area (Å²) in [5, 5.41) is 11.1. The van der Waals surface area contributed by atoms with Crippen LogP contribution in [0.2, 0.25) is 0 Å². The molecule has 1 N–H and O–H groups in total. The second-order valence-corrected chi connectivity index (χ2v) is 4.60. The number of rotatable bonds is 3. The predicted octanol–water partition coefficient (Wildman–Crippen LogP) is 2.28. The largest absolute Gasteiger partial charge is 0.326 e. The average Bonchev–Trinajstić information content (AvgIpc) is 2.84. The zero-order valence-electron chi connectivity index (χ0n) is 11.1. The third kappa shape index (κ3) is 2.51. The molecule has 2 aromatic heterocycles. The van der Waals surface area contributed by atoms with E-state index in [0.29, 0.717) is 6.42 Å². The van der Waals surface area contributed by atoms with Crippen molar-refractivity contribution in [2.24, 2.45) is 0 Å². The number of carbonyl (C=O) groups excluding carboxylic acids is 1. The van der Waals surface area contributed by atoms with Crippen molar-refractivity contribution in [3.05, 3.63) is 60.0 Å². The van der Waals surface area contributed by atoms with Crippen molar-refractivity contribution < 1.29 is 4.79 Å². The lowest BCUT2D eigenvalue weighted by atomic mass is 10.1. The molecule has 0 saturated carbocycles. The standard InChI is InChI=1S/C15H14N4O/c1-11(20)16-13-7-5-12(6-8-13)10-15-18-17-14-4-2-3-9-19(14)15/h2-9H,10H2,1H3,(H,16,20). The maximum atomic E-state index is 11.0. The molecule has 0 atom stereocenters. The first kappa shape index (κ1) is 12.3. The summed E-state index contributed by atoms with van der Waals surface area (Å²) in [6, 6.07) is 13.6. The summed E-state index contributed by atoms with van der Waals surface area (Å²) in [7, 11) is 0. The van der Waals surface area contributed by atoms with Gasteiger partial charge >= 0.3 is 0 Å². The molecule has 0 fully saturated rings. The zero-order chi connectivity index (χ0) is 13.9. The topological polar surface area (TPSA) is 59.3 Å². The zero-order valence-corrected chi connectivity index (χ0v) is 11.1. The highest BCUT2D eigenvalue weighted by molar-refractivity contribution is 5.88. The van der Waals surface area contributed by atoms with Crippen LogP contribution < -0.4 is 5.32 Å². The summed E-state index contributed by atoms with van der Waals surface area (Å²) < 4.78 is 1.97. The van der Waals surface area contributed by atoms with Gasteiger partial charge in [-0.05, 0) is 29.8 Å². The van der Waals surface area contributed by atoms with Crippen molar-refractivity contribution in [1.29, 1.82) is 0 Å². The van der Waals surface area contributed by atoms with Gasteiger partial charge in [0.25, 0.3) is 0 Å². The van der Waals surface area contributed by atoms with Gasteiger partial charge in [-0.1, -0.05) is 18.2 Å². The molecular formula is C15H14N4O. The van der Waals surface area contributed by atoms with E-state index in [1.165, 1.54) is 6.92 Å². The van der Waals surface area contributed by atoms with Crippen molar-refractivity contribution in [1.82, 2.24) is 14.6 Å². The van der Waals surface area contributed by atoms with Crippen LogP contribution in [0.4, 0.5) is 5.69 Å². The summed E-state index contributed by atoms with van der Waals surface area (Å²) in [5.74, 6) is 0.828. The maximum Gasteiger partial charge on any atom is 0.221 e. The van der Waals surface area contributed by atoms with Crippen molar-refractivity contribution >= 4 is 17.2 Å². The second kappa shape index (κ2) is 5.13. The van der Waals surface area contributed by atoms with E-state index in [0.717, 1.165) is 22.7 Å². The number of fused-ring (bicyclic) bond motifs is 1. The summed E-state index contributed by atoms with van der Waals surface area (Å²) in [4.78, 5) is 11.0. The maximum absolute atomic E-state index is 11.0. The number of nitrogens with zero attached hydrogens (tertiary/aromatic N) is 3. The van der Waals surface area contributed by atoms with E-state index in [2.05, 4.69) is 15.5 Å². The number of carbonyl (C=O) groups is 1. The normalized spacial score (nSPS) is 10.7. The Morgan fingerprint density at radius 3 is 2.70 bits per heavy atom. The smallest absolute Gasteiger partial charge is 0.221 e. The van der Waals surface area contributed by atoms with Crippen LogP contribution in [0, 0.1) is 0 Å². The van der Waals surface area contributed by atoms with Crippen LogP contribution >= 0.6 is 0 Å². The van der Waals surface area contributed by atoms with Gasteiger partial charge < -0.3 is 5.32 Å². The minimum absolute atomic E-state index is 0.0683. The molecule has 0 aliphatic carbocycles. The number of hydrogen-bond acceptors (Lipinski definition) is 3. The minimum atomic E-state index is -0.0683. The molecule has 1 amide bonds. The van der Waals surface area contributed by atoms with Gasteiger partial charge in [-0.15, -0.1) is 10.2 Å². The predicted molar refractivity (Wildman–Crippen MR) is 76.5 cm³/mol. The van der Waals surface area contributed by atoms with Gasteiger partial charge in [0.2, 0.25) is 5.91 Å². The number of nitrogens with one attached hydrogen (secondary N) is 1. The molecule has 1 aromatic carbocycles. The average molecular weight is 266 g/mol. The number of anilines is 1. The van der Waals surface area contributed by atoms with Crippen molar-refractivity contribution in [3.8, 4) is 0 Å². The van der Waals surface area contributed by atoms with Crippen molar-refractivity contribution in [2.75, 3.05) is 5.32 Å². The first-order valence-corrected chi connectivity index (χ1v) is 6.37. The van der Waals surface area contributed by atoms with Crippen LogP contribution in [0.15, 0.2) is 48.7 Å².